The predicted molar refractivity (Wildman–Crippen MR) is 79.1 cm³/mol. The van der Waals surface area contributed by atoms with Gasteiger partial charge in [-0.05, 0) is 30.4 Å². The standard InChI is InChI=1S/C15H23NO2S/c1-11-7-6-9-13(12(11)2)16-14-8-4-5-10-15(14)19(3,17)18/h4-5,8,10-13,16H,6-7,9H2,1-3H3. The lowest BCUT2D eigenvalue weighted by atomic mass is 9.78. The molecule has 1 aliphatic rings. The van der Waals surface area contributed by atoms with Gasteiger partial charge in [-0.15, -0.1) is 0 Å². The minimum absolute atomic E-state index is 0.367. The molecule has 0 saturated heterocycles. The van der Waals surface area contributed by atoms with Crippen LogP contribution in [0.2, 0.25) is 0 Å². The molecule has 1 aromatic rings. The largest absolute Gasteiger partial charge is 0.381 e. The SMILES string of the molecule is CC1CCCC(Nc2ccccc2S(C)(=O)=O)C1C. The van der Waals surface area contributed by atoms with Gasteiger partial charge < -0.3 is 5.32 Å². The Balaban J connectivity index is 2.24. The number of benzene rings is 1. The zero-order valence-corrected chi connectivity index (χ0v) is 12.7. The number of para-hydroxylation sites is 1. The Hall–Kier alpha value is -1.03. The number of rotatable bonds is 3. The zero-order valence-electron chi connectivity index (χ0n) is 11.9. The van der Waals surface area contributed by atoms with Crippen LogP contribution in [0, 0.1) is 11.8 Å². The molecular formula is C15H23NO2S. The second-order valence-electron chi connectivity index (χ2n) is 5.79. The summed E-state index contributed by atoms with van der Waals surface area (Å²) in [7, 11) is -3.18. The van der Waals surface area contributed by atoms with E-state index in [1.807, 2.05) is 12.1 Å². The van der Waals surface area contributed by atoms with Crippen LogP contribution >= 0.6 is 0 Å². The molecule has 4 heteroatoms. The number of sulfone groups is 1. The molecule has 0 spiro atoms. The van der Waals surface area contributed by atoms with Crippen LogP contribution in [0.3, 0.4) is 0 Å². The van der Waals surface area contributed by atoms with Crippen LogP contribution in [0.15, 0.2) is 29.2 Å². The van der Waals surface area contributed by atoms with Crippen molar-refractivity contribution < 1.29 is 8.42 Å². The molecule has 0 amide bonds. The number of anilines is 1. The first-order valence-electron chi connectivity index (χ1n) is 6.95. The van der Waals surface area contributed by atoms with Gasteiger partial charge in [-0.2, -0.15) is 0 Å². The normalized spacial score (nSPS) is 28.1. The summed E-state index contributed by atoms with van der Waals surface area (Å²) in [5.41, 5.74) is 0.746. The highest BCUT2D eigenvalue weighted by molar-refractivity contribution is 7.90. The molecule has 19 heavy (non-hydrogen) atoms. The van der Waals surface area contributed by atoms with Gasteiger partial charge >= 0.3 is 0 Å². The summed E-state index contributed by atoms with van der Waals surface area (Å²) >= 11 is 0. The Morgan fingerprint density at radius 2 is 1.84 bits per heavy atom. The smallest absolute Gasteiger partial charge is 0.177 e. The predicted octanol–water partition coefficient (Wildman–Crippen LogP) is 3.33. The van der Waals surface area contributed by atoms with Gasteiger partial charge in [0.15, 0.2) is 9.84 Å². The van der Waals surface area contributed by atoms with E-state index in [1.54, 1.807) is 12.1 Å². The lowest BCUT2D eigenvalue weighted by Crippen LogP contribution is -2.35. The summed E-state index contributed by atoms with van der Waals surface area (Å²) in [5, 5.41) is 3.46. The van der Waals surface area contributed by atoms with E-state index in [9.17, 15) is 8.42 Å². The molecule has 0 bridgehead atoms. The van der Waals surface area contributed by atoms with Crippen molar-refractivity contribution in [3.63, 3.8) is 0 Å². The fourth-order valence-electron chi connectivity index (χ4n) is 2.89. The summed E-state index contributed by atoms with van der Waals surface area (Å²) in [6.07, 6.45) is 4.86. The van der Waals surface area contributed by atoms with Gasteiger partial charge in [0.05, 0.1) is 10.6 Å². The van der Waals surface area contributed by atoms with Gasteiger partial charge in [0.2, 0.25) is 0 Å². The third-order valence-electron chi connectivity index (χ3n) is 4.33. The van der Waals surface area contributed by atoms with Gasteiger partial charge in [0.1, 0.15) is 0 Å². The van der Waals surface area contributed by atoms with Gasteiger partial charge in [-0.3, -0.25) is 0 Å². The Morgan fingerprint density at radius 3 is 2.53 bits per heavy atom. The highest BCUT2D eigenvalue weighted by Gasteiger charge is 2.27. The van der Waals surface area contributed by atoms with Gasteiger partial charge in [0.25, 0.3) is 0 Å². The van der Waals surface area contributed by atoms with Crippen LogP contribution in [-0.2, 0) is 9.84 Å². The molecule has 0 heterocycles. The van der Waals surface area contributed by atoms with Gasteiger partial charge in [-0.25, -0.2) is 8.42 Å². The molecule has 3 atom stereocenters. The quantitative estimate of drug-likeness (QED) is 0.924. The maximum atomic E-state index is 11.8. The minimum atomic E-state index is -3.18. The summed E-state index contributed by atoms with van der Waals surface area (Å²) in [4.78, 5) is 0.403. The van der Waals surface area contributed by atoms with Crippen LogP contribution in [0.25, 0.3) is 0 Å². The van der Waals surface area contributed by atoms with Gasteiger partial charge in [-0.1, -0.05) is 38.8 Å². The van der Waals surface area contributed by atoms with Crippen molar-refractivity contribution in [1.82, 2.24) is 0 Å². The molecule has 0 aromatic heterocycles. The monoisotopic (exact) mass is 281 g/mol. The van der Waals surface area contributed by atoms with Crippen LogP contribution < -0.4 is 5.32 Å². The van der Waals surface area contributed by atoms with Crippen LogP contribution in [-0.4, -0.2) is 20.7 Å². The Bertz CT molecular complexity index is 539. The molecule has 106 valence electrons. The molecule has 0 aliphatic heterocycles. The minimum Gasteiger partial charge on any atom is -0.381 e. The Labute approximate surface area is 116 Å². The van der Waals surface area contributed by atoms with E-state index in [-0.39, 0.29) is 0 Å². The number of hydrogen-bond donors (Lipinski definition) is 1. The van der Waals surface area contributed by atoms with Crippen molar-refractivity contribution in [2.45, 2.75) is 44.0 Å². The van der Waals surface area contributed by atoms with Crippen LogP contribution in [0.5, 0.6) is 0 Å². The molecule has 0 radical (unpaired) electrons. The fourth-order valence-corrected chi connectivity index (χ4v) is 3.75. The molecule has 1 fully saturated rings. The van der Waals surface area contributed by atoms with Crippen molar-refractivity contribution in [2.24, 2.45) is 11.8 Å². The van der Waals surface area contributed by atoms with Crippen molar-refractivity contribution in [2.75, 3.05) is 11.6 Å². The van der Waals surface area contributed by atoms with Crippen LogP contribution in [0.1, 0.15) is 33.1 Å². The van der Waals surface area contributed by atoms with Crippen molar-refractivity contribution in [1.29, 1.82) is 0 Å². The Morgan fingerprint density at radius 1 is 1.16 bits per heavy atom. The first-order valence-corrected chi connectivity index (χ1v) is 8.84. The molecule has 2 rings (SSSR count). The number of nitrogens with one attached hydrogen (secondary N) is 1. The van der Waals surface area contributed by atoms with E-state index in [0.29, 0.717) is 22.8 Å². The highest BCUT2D eigenvalue weighted by Crippen LogP contribution is 2.33. The first-order chi connectivity index (χ1) is 8.89. The third-order valence-corrected chi connectivity index (χ3v) is 5.49. The van der Waals surface area contributed by atoms with E-state index in [4.69, 9.17) is 0 Å². The highest BCUT2D eigenvalue weighted by atomic mass is 32.2. The molecule has 1 aromatic carbocycles. The second-order valence-corrected chi connectivity index (χ2v) is 7.77. The lowest BCUT2D eigenvalue weighted by molar-refractivity contribution is 0.253. The molecule has 1 saturated carbocycles. The van der Waals surface area contributed by atoms with Crippen molar-refractivity contribution in [3.8, 4) is 0 Å². The summed E-state index contributed by atoms with van der Waals surface area (Å²) < 4.78 is 23.6. The Kier molecular flexibility index (Phi) is 4.19. The second kappa shape index (κ2) is 5.53. The van der Waals surface area contributed by atoms with Gasteiger partial charge in [0, 0.05) is 12.3 Å². The van der Waals surface area contributed by atoms with E-state index in [0.717, 1.165) is 12.1 Å². The van der Waals surface area contributed by atoms with E-state index in [1.165, 1.54) is 19.1 Å². The molecule has 1 aliphatic carbocycles. The summed E-state index contributed by atoms with van der Waals surface area (Å²) in [5.74, 6) is 1.26. The van der Waals surface area contributed by atoms with Crippen LogP contribution in [0.4, 0.5) is 5.69 Å². The molecule has 1 N–H and O–H groups in total. The maximum Gasteiger partial charge on any atom is 0.177 e. The lowest BCUT2D eigenvalue weighted by Gasteiger charge is -2.35. The first kappa shape index (κ1) is 14.4. The topological polar surface area (TPSA) is 46.2 Å². The average Bonchev–Trinajstić information content (AvgIpc) is 2.34. The molecule has 3 unspecified atom stereocenters. The van der Waals surface area contributed by atoms with E-state index < -0.39 is 9.84 Å². The zero-order chi connectivity index (χ0) is 14.0. The third kappa shape index (κ3) is 3.30. The fraction of sp³-hybridized carbons (Fsp3) is 0.600. The van der Waals surface area contributed by atoms with E-state index in [2.05, 4.69) is 19.2 Å². The van der Waals surface area contributed by atoms with Crippen molar-refractivity contribution >= 4 is 15.5 Å². The molecular weight excluding hydrogens is 258 g/mol. The van der Waals surface area contributed by atoms with E-state index >= 15 is 0 Å². The molecule has 3 nitrogen and oxygen atoms in total. The summed E-state index contributed by atoms with van der Waals surface area (Å²) in [6.45, 7) is 4.53. The maximum absolute atomic E-state index is 11.8. The number of hydrogen-bond acceptors (Lipinski definition) is 3. The summed E-state index contributed by atoms with van der Waals surface area (Å²) in [6, 6.07) is 7.56. The van der Waals surface area contributed by atoms with Crippen molar-refractivity contribution in [3.05, 3.63) is 24.3 Å². The average molecular weight is 281 g/mol.